The molecule has 0 aromatic heterocycles. The molecule has 0 saturated carbocycles. The van der Waals surface area contributed by atoms with Crippen LogP contribution in [0.25, 0.3) is 0 Å². The van der Waals surface area contributed by atoms with Gasteiger partial charge < -0.3 is 16.2 Å². The summed E-state index contributed by atoms with van der Waals surface area (Å²) in [4.78, 5) is 39.2. The Morgan fingerprint density at radius 1 is 0.903 bits per heavy atom. The fraction of sp³-hybridized carbons (Fsp3) is 0.160. The third-order valence-corrected chi connectivity index (χ3v) is 5.40. The lowest BCUT2D eigenvalue weighted by Crippen LogP contribution is -2.25. The quantitative estimate of drug-likeness (QED) is 0.280. The molecule has 1 aliphatic carbocycles. The van der Waals surface area contributed by atoms with Crippen molar-refractivity contribution in [2.24, 2.45) is 0 Å². The van der Waals surface area contributed by atoms with Crippen molar-refractivity contribution in [1.82, 2.24) is 0 Å². The highest BCUT2D eigenvalue weighted by Crippen LogP contribution is 2.37. The first-order valence-corrected chi connectivity index (χ1v) is 10.1. The normalized spacial score (nSPS) is 12.3. The highest BCUT2D eigenvalue weighted by molar-refractivity contribution is 6.33. The molecular formula is C25H22N2O4. The molecule has 0 atom stereocenters. The van der Waals surface area contributed by atoms with Crippen molar-refractivity contribution in [2.45, 2.75) is 19.8 Å². The Balaban J connectivity index is 1.73. The number of carbonyl (C=O) groups excluding carboxylic acids is 3. The van der Waals surface area contributed by atoms with Crippen LogP contribution < -0.4 is 16.2 Å². The molecule has 0 saturated heterocycles. The number of unbranched alkanes of at least 4 members (excludes halogenated alkanes) is 1. The number of fused-ring (bicyclic) bond motifs is 2. The van der Waals surface area contributed by atoms with E-state index in [1.165, 1.54) is 6.07 Å². The van der Waals surface area contributed by atoms with E-state index < -0.39 is 5.78 Å². The summed E-state index contributed by atoms with van der Waals surface area (Å²) in [5.74, 6) is -0.503. The van der Waals surface area contributed by atoms with E-state index in [4.69, 9.17) is 16.2 Å². The van der Waals surface area contributed by atoms with Gasteiger partial charge in [-0.2, -0.15) is 0 Å². The van der Waals surface area contributed by atoms with E-state index in [1.807, 2.05) is 0 Å². The number of benzene rings is 3. The second-order valence-corrected chi connectivity index (χ2v) is 7.44. The molecule has 0 amide bonds. The van der Waals surface area contributed by atoms with Crippen molar-refractivity contribution in [1.29, 1.82) is 0 Å². The largest absolute Gasteiger partial charge is 0.494 e. The number of hydrogen-bond donors (Lipinski definition) is 2. The van der Waals surface area contributed by atoms with Gasteiger partial charge in [0, 0.05) is 27.9 Å². The van der Waals surface area contributed by atoms with Crippen LogP contribution in [0.1, 0.15) is 67.5 Å². The van der Waals surface area contributed by atoms with Crippen LogP contribution in [0.5, 0.6) is 5.75 Å². The molecule has 4 rings (SSSR count). The van der Waals surface area contributed by atoms with Gasteiger partial charge in [-0.05, 0) is 36.8 Å². The van der Waals surface area contributed by atoms with Gasteiger partial charge >= 0.3 is 0 Å². The number of ketones is 3. The maximum Gasteiger partial charge on any atom is 0.196 e. The molecule has 0 unspecified atom stereocenters. The summed E-state index contributed by atoms with van der Waals surface area (Å²) in [5, 5.41) is 0. The molecule has 1 aliphatic rings. The number of carbonyl (C=O) groups is 3. The van der Waals surface area contributed by atoms with Crippen LogP contribution in [-0.2, 0) is 0 Å². The average Bonchev–Trinajstić information content (AvgIpc) is 2.79. The first kappa shape index (κ1) is 20.3. The van der Waals surface area contributed by atoms with Crippen LogP contribution in [0.3, 0.4) is 0 Å². The summed E-state index contributed by atoms with van der Waals surface area (Å²) in [6.07, 6.45) is 1.97. The highest BCUT2D eigenvalue weighted by atomic mass is 16.5. The minimum Gasteiger partial charge on any atom is -0.494 e. The van der Waals surface area contributed by atoms with E-state index in [0.717, 1.165) is 12.8 Å². The number of ether oxygens (including phenoxy) is 1. The van der Waals surface area contributed by atoms with Gasteiger partial charge in [-0.15, -0.1) is 0 Å². The second kappa shape index (κ2) is 8.07. The maximum absolute atomic E-state index is 13.1. The van der Waals surface area contributed by atoms with Crippen molar-refractivity contribution < 1.29 is 19.1 Å². The SMILES string of the molecule is CCCCOc1ccc(C(=O)c2cc(N)c3c(c2N)C(=O)c2ccccc2C3=O)cc1. The lowest BCUT2D eigenvalue weighted by atomic mass is 9.80. The second-order valence-electron chi connectivity index (χ2n) is 7.44. The molecule has 0 aliphatic heterocycles. The van der Waals surface area contributed by atoms with Gasteiger partial charge in [0.1, 0.15) is 5.75 Å². The number of rotatable bonds is 6. The molecule has 31 heavy (non-hydrogen) atoms. The third-order valence-electron chi connectivity index (χ3n) is 5.40. The molecule has 3 aromatic carbocycles. The molecule has 0 heterocycles. The molecule has 0 radical (unpaired) electrons. The Morgan fingerprint density at radius 2 is 1.52 bits per heavy atom. The molecule has 0 spiro atoms. The van der Waals surface area contributed by atoms with E-state index in [1.54, 1.807) is 48.5 Å². The van der Waals surface area contributed by atoms with Gasteiger partial charge in [0.05, 0.1) is 23.4 Å². The number of nitrogen functional groups attached to an aromatic ring is 2. The maximum atomic E-state index is 13.1. The predicted molar refractivity (Wildman–Crippen MR) is 119 cm³/mol. The fourth-order valence-corrected chi connectivity index (χ4v) is 3.73. The monoisotopic (exact) mass is 414 g/mol. The summed E-state index contributed by atoms with van der Waals surface area (Å²) in [6, 6.07) is 14.6. The van der Waals surface area contributed by atoms with E-state index in [-0.39, 0.29) is 50.8 Å². The summed E-state index contributed by atoms with van der Waals surface area (Å²) in [5.41, 5.74) is 13.5. The zero-order valence-electron chi connectivity index (χ0n) is 17.1. The molecular weight excluding hydrogens is 392 g/mol. The predicted octanol–water partition coefficient (Wildman–Crippen LogP) is 4.04. The lowest BCUT2D eigenvalue weighted by Gasteiger charge is -2.22. The van der Waals surface area contributed by atoms with E-state index in [2.05, 4.69) is 6.92 Å². The van der Waals surface area contributed by atoms with E-state index in [9.17, 15) is 14.4 Å². The van der Waals surface area contributed by atoms with E-state index >= 15 is 0 Å². The zero-order chi connectivity index (χ0) is 22.1. The van der Waals surface area contributed by atoms with Gasteiger partial charge in [0.25, 0.3) is 0 Å². The van der Waals surface area contributed by atoms with Crippen molar-refractivity contribution in [3.63, 3.8) is 0 Å². The molecule has 4 N–H and O–H groups in total. The Hall–Kier alpha value is -3.93. The minimum atomic E-state index is -0.413. The number of anilines is 2. The summed E-state index contributed by atoms with van der Waals surface area (Å²) < 4.78 is 5.63. The van der Waals surface area contributed by atoms with Gasteiger partial charge in [-0.3, -0.25) is 14.4 Å². The topological polar surface area (TPSA) is 112 Å². The standard InChI is InChI=1S/C25H22N2O4/c1-2-3-12-31-15-10-8-14(9-11-15)23(28)18-13-19(26)20-21(22(18)27)25(30)17-7-5-4-6-16(17)24(20)29/h4-11,13H,2-3,12,26-27H2,1H3. The average molecular weight is 414 g/mol. The third kappa shape index (κ3) is 3.46. The zero-order valence-corrected chi connectivity index (χ0v) is 17.1. The van der Waals surface area contributed by atoms with Gasteiger partial charge in [0.2, 0.25) is 0 Å². The fourth-order valence-electron chi connectivity index (χ4n) is 3.73. The number of nitrogens with two attached hydrogens (primary N) is 2. The first-order chi connectivity index (χ1) is 14.9. The Labute approximate surface area is 179 Å². The molecule has 156 valence electrons. The van der Waals surface area contributed by atoms with Crippen molar-refractivity contribution in [2.75, 3.05) is 18.1 Å². The van der Waals surface area contributed by atoms with Crippen molar-refractivity contribution in [3.05, 3.63) is 88.0 Å². The van der Waals surface area contributed by atoms with Crippen molar-refractivity contribution in [3.8, 4) is 5.75 Å². The van der Waals surface area contributed by atoms with Gasteiger partial charge in [-0.25, -0.2) is 0 Å². The van der Waals surface area contributed by atoms with Gasteiger partial charge in [-0.1, -0.05) is 37.6 Å². The van der Waals surface area contributed by atoms with Gasteiger partial charge in [0.15, 0.2) is 17.3 Å². The van der Waals surface area contributed by atoms with E-state index in [0.29, 0.717) is 17.9 Å². The van der Waals surface area contributed by atoms with Crippen LogP contribution in [0.15, 0.2) is 54.6 Å². The molecule has 6 nitrogen and oxygen atoms in total. The van der Waals surface area contributed by atoms with Crippen molar-refractivity contribution >= 4 is 28.7 Å². The Kier molecular flexibility index (Phi) is 5.29. The van der Waals surface area contributed by atoms with Crippen LogP contribution in [0.2, 0.25) is 0 Å². The summed E-state index contributed by atoms with van der Waals surface area (Å²) in [6.45, 7) is 2.69. The van der Waals surface area contributed by atoms with Crippen LogP contribution >= 0.6 is 0 Å². The molecule has 0 bridgehead atoms. The summed E-state index contributed by atoms with van der Waals surface area (Å²) >= 11 is 0. The summed E-state index contributed by atoms with van der Waals surface area (Å²) in [7, 11) is 0. The first-order valence-electron chi connectivity index (χ1n) is 10.1. The Morgan fingerprint density at radius 3 is 2.13 bits per heavy atom. The van der Waals surface area contributed by atoms with Crippen LogP contribution in [0, 0.1) is 0 Å². The number of hydrogen-bond acceptors (Lipinski definition) is 6. The highest BCUT2D eigenvalue weighted by Gasteiger charge is 2.35. The molecule has 3 aromatic rings. The Bertz CT molecular complexity index is 1210. The smallest absolute Gasteiger partial charge is 0.196 e. The molecule has 6 heteroatoms. The van der Waals surface area contributed by atoms with Crippen LogP contribution in [0.4, 0.5) is 11.4 Å². The molecule has 0 fully saturated rings. The van der Waals surface area contributed by atoms with Crippen LogP contribution in [-0.4, -0.2) is 24.0 Å². The lowest BCUT2D eigenvalue weighted by molar-refractivity contribution is 0.0979. The minimum absolute atomic E-state index is 0.00781.